The van der Waals surface area contributed by atoms with Crippen LogP contribution in [-0.4, -0.2) is 34.0 Å². The second kappa shape index (κ2) is 5.10. The number of halogens is 2. The van der Waals surface area contributed by atoms with Gasteiger partial charge in [-0.05, 0) is 20.8 Å². The minimum atomic E-state index is -3.09. The summed E-state index contributed by atoms with van der Waals surface area (Å²) in [6.45, 7) is 3.88. The summed E-state index contributed by atoms with van der Waals surface area (Å²) >= 11 is 0. The number of nitrogens with one attached hydrogen (secondary N) is 1. The fourth-order valence-electron chi connectivity index (χ4n) is 1.88. The predicted octanol–water partition coefficient (Wildman–Crippen LogP) is 1.32. The molecule has 0 saturated heterocycles. The van der Waals surface area contributed by atoms with Crippen LogP contribution in [0.2, 0.25) is 0 Å². The van der Waals surface area contributed by atoms with E-state index in [-0.39, 0.29) is 6.04 Å². The van der Waals surface area contributed by atoms with Gasteiger partial charge < -0.3 is 10.4 Å². The van der Waals surface area contributed by atoms with Gasteiger partial charge >= 0.3 is 0 Å². The van der Waals surface area contributed by atoms with Crippen LogP contribution in [0.3, 0.4) is 0 Å². The number of aromatic nitrogens is 2. The Morgan fingerprint density at radius 2 is 2.06 bits per heavy atom. The van der Waals surface area contributed by atoms with E-state index >= 15 is 0 Å². The van der Waals surface area contributed by atoms with Crippen molar-refractivity contribution in [1.29, 1.82) is 0 Å². The Hall–Kier alpha value is -1.01. The van der Waals surface area contributed by atoms with E-state index in [0.29, 0.717) is 0 Å². The molecule has 0 aromatic carbocycles. The molecule has 98 valence electrons. The van der Waals surface area contributed by atoms with Crippen molar-refractivity contribution in [1.82, 2.24) is 15.1 Å². The van der Waals surface area contributed by atoms with Gasteiger partial charge in [0.05, 0.1) is 12.2 Å². The zero-order chi connectivity index (χ0) is 13.2. The highest BCUT2D eigenvalue weighted by atomic mass is 19.3. The number of aliphatic hydroxyl groups excluding tert-OH is 1. The normalized spacial score (nSPS) is 14.1. The summed E-state index contributed by atoms with van der Waals surface area (Å²) < 4.78 is 27.5. The van der Waals surface area contributed by atoms with Crippen LogP contribution in [-0.2, 0) is 7.05 Å². The third kappa shape index (κ3) is 3.23. The summed E-state index contributed by atoms with van der Waals surface area (Å²) in [5, 5.41) is 15.4. The first-order valence-corrected chi connectivity index (χ1v) is 5.50. The number of alkyl halides is 2. The fraction of sp³-hybridized carbons (Fsp3) is 0.727. The van der Waals surface area contributed by atoms with E-state index in [0.717, 1.165) is 17.0 Å². The average Bonchev–Trinajstić information content (AvgIpc) is 2.50. The lowest BCUT2D eigenvalue weighted by Crippen LogP contribution is -2.37. The largest absolute Gasteiger partial charge is 0.390 e. The van der Waals surface area contributed by atoms with Gasteiger partial charge in [0.25, 0.3) is 5.92 Å². The molecule has 0 amide bonds. The Kier molecular flexibility index (Phi) is 4.21. The van der Waals surface area contributed by atoms with Gasteiger partial charge in [-0.15, -0.1) is 0 Å². The number of aliphatic hydroxyl groups is 1. The second-order valence-electron chi connectivity index (χ2n) is 4.32. The Balaban J connectivity index is 2.74. The Morgan fingerprint density at radius 3 is 2.47 bits per heavy atom. The van der Waals surface area contributed by atoms with Crippen molar-refractivity contribution in [2.24, 2.45) is 7.05 Å². The molecule has 17 heavy (non-hydrogen) atoms. The molecule has 0 aliphatic rings. The zero-order valence-electron chi connectivity index (χ0n) is 10.6. The van der Waals surface area contributed by atoms with Crippen molar-refractivity contribution >= 4 is 0 Å². The van der Waals surface area contributed by atoms with Crippen LogP contribution in [0.25, 0.3) is 0 Å². The van der Waals surface area contributed by atoms with Crippen molar-refractivity contribution < 1.29 is 13.9 Å². The Bertz CT molecular complexity index is 390. The summed E-state index contributed by atoms with van der Waals surface area (Å²) in [7, 11) is 1.82. The SMILES string of the molecule is Cc1nn(C)c(C)c1C(C)NCC(F)(F)CO. The van der Waals surface area contributed by atoms with Crippen molar-refractivity contribution in [3.05, 3.63) is 17.0 Å². The van der Waals surface area contributed by atoms with E-state index in [4.69, 9.17) is 5.11 Å². The Labute approximate surface area is 99.6 Å². The highest BCUT2D eigenvalue weighted by molar-refractivity contribution is 5.27. The number of aryl methyl sites for hydroxylation is 2. The number of rotatable bonds is 5. The molecule has 1 aromatic rings. The van der Waals surface area contributed by atoms with E-state index in [9.17, 15) is 8.78 Å². The highest BCUT2D eigenvalue weighted by Crippen LogP contribution is 2.21. The first-order valence-electron chi connectivity index (χ1n) is 5.50. The molecule has 1 aromatic heterocycles. The molecule has 0 spiro atoms. The van der Waals surface area contributed by atoms with Gasteiger partial charge in [-0.2, -0.15) is 5.10 Å². The quantitative estimate of drug-likeness (QED) is 0.825. The van der Waals surface area contributed by atoms with E-state index < -0.39 is 19.1 Å². The lowest BCUT2D eigenvalue weighted by molar-refractivity contribution is -0.0491. The maximum absolute atomic E-state index is 12.9. The topological polar surface area (TPSA) is 50.1 Å². The standard InChI is InChI=1S/C11H19F2N3O/c1-7(14-5-11(12,13)6-17)10-8(2)15-16(4)9(10)3/h7,14,17H,5-6H2,1-4H3. The monoisotopic (exact) mass is 247 g/mol. The summed E-state index contributed by atoms with van der Waals surface area (Å²) in [5.41, 5.74) is 2.72. The molecule has 0 radical (unpaired) electrons. The first kappa shape index (κ1) is 14.1. The van der Waals surface area contributed by atoms with Gasteiger partial charge in [0.1, 0.15) is 6.61 Å². The van der Waals surface area contributed by atoms with Crippen molar-refractivity contribution in [2.45, 2.75) is 32.7 Å². The van der Waals surface area contributed by atoms with Gasteiger partial charge in [0.2, 0.25) is 0 Å². The van der Waals surface area contributed by atoms with Crippen LogP contribution in [0.1, 0.15) is 29.9 Å². The minimum absolute atomic E-state index is 0.221. The van der Waals surface area contributed by atoms with Crippen LogP contribution in [0.15, 0.2) is 0 Å². The molecular weight excluding hydrogens is 228 g/mol. The maximum Gasteiger partial charge on any atom is 0.282 e. The van der Waals surface area contributed by atoms with Crippen molar-refractivity contribution in [2.75, 3.05) is 13.2 Å². The molecule has 2 N–H and O–H groups in total. The van der Waals surface area contributed by atoms with Crippen molar-refractivity contribution in [3.63, 3.8) is 0 Å². The van der Waals surface area contributed by atoms with E-state index in [1.54, 1.807) is 4.68 Å². The van der Waals surface area contributed by atoms with Crippen LogP contribution < -0.4 is 5.32 Å². The molecule has 4 nitrogen and oxygen atoms in total. The number of hydrogen-bond donors (Lipinski definition) is 2. The molecule has 0 aliphatic carbocycles. The first-order chi connectivity index (χ1) is 7.78. The third-order valence-electron chi connectivity index (χ3n) is 2.90. The predicted molar refractivity (Wildman–Crippen MR) is 61.1 cm³/mol. The van der Waals surface area contributed by atoms with Crippen LogP contribution >= 0.6 is 0 Å². The zero-order valence-corrected chi connectivity index (χ0v) is 10.6. The molecule has 1 heterocycles. The van der Waals surface area contributed by atoms with E-state index in [1.165, 1.54) is 0 Å². The second-order valence-corrected chi connectivity index (χ2v) is 4.32. The number of nitrogens with zero attached hydrogens (tertiary/aromatic N) is 2. The van der Waals surface area contributed by atoms with E-state index in [2.05, 4.69) is 10.4 Å². The molecular formula is C11H19F2N3O. The highest BCUT2D eigenvalue weighted by Gasteiger charge is 2.28. The van der Waals surface area contributed by atoms with Gasteiger partial charge in [0, 0.05) is 24.3 Å². The van der Waals surface area contributed by atoms with Gasteiger partial charge in [0.15, 0.2) is 0 Å². The minimum Gasteiger partial charge on any atom is -0.390 e. The fourth-order valence-corrected chi connectivity index (χ4v) is 1.88. The molecule has 1 atom stereocenters. The van der Waals surface area contributed by atoms with Gasteiger partial charge in [-0.3, -0.25) is 4.68 Å². The smallest absolute Gasteiger partial charge is 0.282 e. The summed E-state index contributed by atoms with van der Waals surface area (Å²) in [5.74, 6) is -3.09. The molecule has 0 saturated carbocycles. The van der Waals surface area contributed by atoms with Crippen molar-refractivity contribution in [3.8, 4) is 0 Å². The van der Waals surface area contributed by atoms with Crippen LogP contribution in [0, 0.1) is 13.8 Å². The van der Waals surface area contributed by atoms with Crippen LogP contribution in [0.5, 0.6) is 0 Å². The molecule has 0 fully saturated rings. The summed E-state index contributed by atoms with van der Waals surface area (Å²) in [6, 6.07) is -0.221. The number of hydrogen-bond acceptors (Lipinski definition) is 3. The average molecular weight is 247 g/mol. The van der Waals surface area contributed by atoms with Gasteiger partial charge in [-0.25, -0.2) is 8.78 Å². The third-order valence-corrected chi connectivity index (χ3v) is 2.90. The lowest BCUT2D eigenvalue weighted by atomic mass is 10.1. The lowest BCUT2D eigenvalue weighted by Gasteiger charge is -2.19. The molecule has 1 unspecified atom stereocenters. The Morgan fingerprint density at radius 1 is 1.47 bits per heavy atom. The van der Waals surface area contributed by atoms with Crippen LogP contribution in [0.4, 0.5) is 8.78 Å². The van der Waals surface area contributed by atoms with Gasteiger partial charge in [-0.1, -0.05) is 0 Å². The van der Waals surface area contributed by atoms with E-state index in [1.807, 2.05) is 27.8 Å². The molecule has 0 bridgehead atoms. The maximum atomic E-state index is 12.9. The molecule has 6 heteroatoms. The summed E-state index contributed by atoms with van der Waals surface area (Å²) in [4.78, 5) is 0. The molecule has 1 rings (SSSR count). The summed E-state index contributed by atoms with van der Waals surface area (Å²) in [6.07, 6.45) is 0. The molecule has 0 aliphatic heterocycles.